The molecular formula is C28H36N4O2. The van der Waals surface area contributed by atoms with Crippen LogP contribution in [-0.2, 0) is 17.6 Å². The average Bonchev–Trinajstić information content (AvgIpc) is 3.49. The Bertz CT molecular complexity index is 1130. The summed E-state index contributed by atoms with van der Waals surface area (Å²) in [5.74, 6) is -0.516. The van der Waals surface area contributed by atoms with Crippen molar-refractivity contribution < 1.29 is 10.0 Å². The molecule has 3 aromatic rings. The third-order valence-electron chi connectivity index (χ3n) is 7.13. The van der Waals surface area contributed by atoms with Crippen LogP contribution in [0.25, 0.3) is 17.0 Å². The van der Waals surface area contributed by atoms with Crippen molar-refractivity contribution in [3.05, 3.63) is 77.0 Å². The summed E-state index contributed by atoms with van der Waals surface area (Å²) in [5, 5.41) is 10.0. The van der Waals surface area contributed by atoms with Crippen molar-refractivity contribution in [2.75, 3.05) is 32.7 Å². The number of para-hydroxylation sites is 1. The molecule has 1 aliphatic rings. The van der Waals surface area contributed by atoms with E-state index in [-0.39, 0.29) is 0 Å². The second-order valence-corrected chi connectivity index (χ2v) is 8.99. The molecule has 0 fully saturated rings. The average molecular weight is 461 g/mol. The van der Waals surface area contributed by atoms with Crippen molar-refractivity contribution in [2.24, 2.45) is 0 Å². The molecule has 3 N–H and O–H groups in total. The molecule has 6 heteroatoms. The maximum Gasteiger partial charge on any atom is 0.267 e. The molecule has 0 bridgehead atoms. The SMILES string of the molecule is CCN(CC)CCN(CCc1c[nH]c2ccccc12)C1CCc2cc(/C=C/C(=O)NO)ccc21. The van der Waals surface area contributed by atoms with E-state index in [2.05, 4.69) is 77.3 Å². The summed E-state index contributed by atoms with van der Waals surface area (Å²) in [6, 6.07) is 15.4. The van der Waals surface area contributed by atoms with Gasteiger partial charge in [0.15, 0.2) is 0 Å². The molecule has 0 aliphatic heterocycles. The van der Waals surface area contributed by atoms with Crippen molar-refractivity contribution in [2.45, 2.75) is 39.2 Å². The molecule has 1 amide bonds. The molecule has 0 spiro atoms. The van der Waals surface area contributed by atoms with Gasteiger partial charge < -0.3 is 9.88 Å². The maximum absolute atomic E-state index is 11.3. The van der Waals surface area contributed by atoms with E-state index in [1.54, 1.807) is 11.6 Å². The van der Waals surface area contributed by atoms with E-state index in [1.165, 1.54) is 33.7 Å². The van der Waals surface area contributed by atoms with Crippen LogP contribution in [0.2, 0.25) is 0 Å². The van der Waals surface area contributed by atoms with Gasteiger partial charge in [0.1, 0.15) is 0 Å². The van der Waals surface area contributed by atoms with Gasteiger partial charge in [-0.05, 0) is 66.7 Å². The van der Waals surface area contributed by atoms with Crippen molar-refractivity contribution in [1.29, 1.82) is 0 Å². The number of hydrogen-bond acceptors (Lipinski definition) is 4. The number of amides is 1. The number of aromatic nitrogens is 1. The number of aryl methyl sites for hydroxylation is 1. The molecule has 2 aromatic carbocycles. The summed E-state index contributed by atoms with van der Waals surface area (Å²) in [4.78, 5) is 19.9. The second kappa shape index (κ2) is 11.5. The number of carbonyl (C=O) groups is 1. The van der Waals surface area contributed by atoms with Crippen molar-refractivity contribution in [3.63, 3.8) is 0 Å². The molecule has 0 radical (unpaired) electrons. The normalized spacial score (nSPS) is 15.6. The zero-order valence-corrected chi connectivity index (χ0v) is 20.3. The van der Waals surface area contributed by atoms with E-state index >= 15 is 0 Å². The van der Waals surface area contributed by atoms with Crippen molar-refractivity contribution in [1.82, 2.24) is 20.3 Å². The van der Waals surface area contributed by atoms with Gasteiger partial charge in [0.05, 0.1) is 0 Å². The van der Waals surface area contributed by atoms with Gasteiger partial charge in [-0.15, -0.1) is 0 Å². The Morgan fingerprint density at radius 1 is 1.15 bits per heavy atom. The number of hydrogen-bond donors (Lipinski definition) is 3. The van der Waals surface area contributed by atoms with Gasteiger partial charge >= 0.3 is 0 Å². The zero-order chi connectivity index (χ0) is 23.9. The number of H-pyrrole nitrogens is 1. The first-order valence-corrected chi connectivity index (χ1v) is 12.4. The van der Waals surface area contributed by atoms with Gasteiger partial charge in [0.2, 0.25) is 0 Å². The first-order chi connectivity index (χ1) is 16.6. The molecule has 0 saturated heterocycles. The lowest BCUT2D eigenvalue weighted by atomic mass is 10.0. The Morgan fingerprint density at radius 3 is 2.76 bits per heavy atom. The fraction of sp³-hybridized carbons (Fsp3) is 0.393. The summed E-state index contributed by atoms with van der Waals surface area (Å²) >= 11 is 0. The van der Waals surface area contributed by atoms with Crippen LogP contribution < -0.4 is 5.48 Å². The second-order valence-electron chi connectivity index (χ2n) is 8.99. The Balaban J connectivity index is 1.52. The molecule has 4 rings (SSSR count). The van der Waals surface area contributed by atoms with E-state index in [1.807, 2.05) is 0 Å². The fourth-order valence-corrected chi connectivity index (χ4v) is 5.14. The van der Waals surface area contributed by atoms with Crippen LogP contribution in [0.1, 0.15) is 48.6 Å². The highest BCUT2D eigenvalue weighted by atomic mass is 16.5. The first kappa shape index (κ1) is 24.2. The Morgan fingerprint density at radius 2 is 1.97 bits per heavy atom. The predicted molar refractivity (Wildman–Crippen MR) is 138 cm³/mol. The number of nitrogens with zero attached hydrogens (tertiary/aromatic N) is 2. The van der Waals surface area contributed by atoms with Crippen molar-refractivity contribution in [3.8, 4) is 0 Å². The van der Waals surface area contributed by atoms with Gasteiger partial charge in [-0.3, -0.25) is 14.9 Å². The number of hydroxylamine groups is 1. The summed E-state index contributed by atoms with van der Waals surface area (Å²) in [6.45, 7) is 9.76. The third kappa shape index (κ3) is 5.58. The molecule has 1 aliphatic carbocycles. The van der Waals surface area contributed by atoms with Gasteiger partial charge in [-0.25, -0.2) is 5.48 Å². The molecule has 6 nitrogen and oxygen atoms in total. The molecule has 1 aromatic heterocycles. The van der Waals surface area contributed by atoms with E-state index in [0.717, 1.165) is 57.5 Å². The minimum Gasteiger partial charge on any atom is -0.361 e. The molecule has 1 atom stereocenters. The van der Waals surface area contributed by atoms with Crippen LogP contribution in [0.3, 0.4) is 0 Å². The number of fused-ring (bicyclic) bond motifs is 2. The lowest BCUT2D eigenvalue weighted by Gasteiger charge is -2.32. The highest BCUT2D eigenvalue weighted by Crippen LogP contribution is 2.36. The van der Waals surface area contributed by atoms with Gasteiger partial charge in [-0.2, -0.15) is 0 Å². The first-order valence-electron chi connectivity index (χ1n) is 12.4. The minimum absolute atomic E-state index is 0.412. The lowest BCUT2D eigenvalue weighted by molar-refractivity contribution is -0.124. The fourth-order valence-electron chi connectivity index (χ4n) is 5.14. The number of nitrogens with one attached hydrogen (secondary N) is 2. The number of benzene rings is 2. The number of aromatic amines is 1. The van der Waals surface area contributed by atoms with Crippen LogP contribution >= 0.6 is 0 Å². The molecule has 1 heterocycles. The third-order valence-corrected chi connectivity index (χ3v) is 7.13. The summed E-state index contributed by atoms with van der Waals surface area (Å²) in [5.41, 5.74) is 7.97. The highest BCUT2D eigenvalue weighted by Gasteiger charge is 2.28. The van der Waals surface area contributed by atoms with Crippen LogP contribution in [0, 0.1) is 0 Å². The van der Waals surface area contributed by atoms with E-state index in [0.29, 0.717) is 6.04 Å². The smallest absolute Gasteiger partial charge is 0.267 e. The number of rotatable bonds is 11. The Kier molecular flexibility index (Phi) is 8.16. The predicted octanol–water partition coefficient (Wildman–Crippen LogP) is 4.56. The maximum atomic E-state index is 11.3. The quantitative estimate of drug-likeness (QED) is 0.223. The van der Waals surface area contributed by atoms with Crippen LogP contribution in [0.5, 0.6) is 0 Å². The van der Waals surface area contributed by atoms with Gasteiger partial charge in [0.25, 0.3) is 5.91 Å². The molecule has 0 saturated carbocycles. The monoisotopic (exact) mass is 460 g/mol. The molecule has 180 valence electrons. The summed E-state index contributed by atoms with van der Waals surface area (Å²) < 4.78 is 0. The standard InChI is InChI=1S/C28H36N4O2/c1-3-31(4-2)17-18-32(16-15-23-20-29-26-8-6-5-7-24(23)26)27-13-11-22-19-21(9-12-25(22)27)10-14-28(33)30-34/h5-10,12,14,19-20,27,29,34H,3-4,11,13,15-18H2,1-2H3,(H,30,33)/b14-10+. The lowest BCUT2D eigenvalue weighted by Crippen LogP contribution is -2.38. The number of likely N-dealkylation sites (N-methyl/N-ethyl adjacent to an activating group) is 1. The van der Waals surface area contributed by atoms with E-state index < -0.39 is 5.91 Å². The van der Waals surface area contributed by atoms with Crippen LogP contribution in [-0.4, -0.2) is 58.6 Å². The van der Waals surface area contributed by atoms with Gasteiger partial charge in [-0.1, -0.05) is 50.2 Å². The van der Waals surface area contributed by atoms with Crippen LogP contribution in [0.4, 0.5) is 0 Å². The van der Waals surface area contributed by atoms with E-state index in [9.17, 15) is 4.79 Å². The largest absolute Gasteiger partial charge is 0.361 e. The molecule has 34 heavy (non-hydrogen) atoms. The molecule has 1 unspecified atom stereocenters. The Hall–Kier alpha value is -2.93. The zero-order valence-electron chi connectivity index (χ0n) is 20.3. The van der Waals surface area contributed by atoms with E-state index in [4.69, 9.17) is 5.21 Å². The van der Waals surface area contributed by atoms with Crippen LogP contribution in [0.15, 0.2) is 54.7 Å². The highest BCUT2D eigenvalue weighted by molar-refractivity contribution is 5.90. The minimum atomic E-state index is -0.516. The Labute approximate surface area is 202 Å². The topological polar surface area (TPSA) is 71.6 Å². The molecular weight excluding hydrogens is 424 g/mol. The van der Waals surface area contributed by atoms with Gasteiger partial charge in [0, 0.05) is 48.9 Å². The number of carbonyl (C=O) groups excluding carboxylic acids is 1. The van der Waals surface area contributed by atoms with Crippen molar-refractivity contribution >= 4 is 22.9 Å². The summed E-state index contributed by atoms with van der Waals surface area (Å²) in [6.07, 6.45) is 8.44. The summed E-state index contributed by atoms with van der Waals surface area (Å²) in [7, 11) is 0.